The molecule has 39 heteroatoms. The highest BCUT2D eigenvalue weighted by Gasteiger charge is 2.51. The number of benzene rings is 6. The van der Waals surface area contributed by atoms with Crippen LogP contribution in [0.5, 0.6) is 0 Å². The van der Waals surface area contributed by atoms with Crippen LogP contribution in [0.15, 0.2) is 195 Å². The predicted octanol–water partition coefficient (Wildman–Crippen LogP) is 8.01. The van der Waals surface area contributed by atoms with Gasteiger partial charge in [-0.2, -0.15) is 11.3 Å². The van der Waals surface area contributed by atoms with Crippen LogP contribution in [0.4, 0.5) is 0 Å². The lowest BCUT2D eigenvalue weighted by Crippen LogP contribution is -2.51. The Kier molecular flexibility index (Phi) is 30.9. The molecule has 12 rings (SSSR count). The maximum absolute atomic E-state index is 12.2. The molecule has 644 valence electrons. The normalized spacial score (nSPS) is 19.1. The molecule has 12 N–H and O–H groups in total. The lowest BCUT2D eigenvalue weighted by Gasteiger charge is -2.26. The van der Waals surface area contributed by atoms with Crippen molar-refractivity contribution in [3.8, 4) is 44.5 Å². The molecule has 0 saturated heterocycles. The minimum Gasteiger partial charge on any atom is -0.393 e. The quantitative estimate of drug-likeness (QED) is 0.0156. The fraction of sp³-hybridized carbons (Fsp3) is 0.370. The molecule has 4 amide bonds. The maximum Gasteiger partial charge on any atom is 0.264 e. The topological polar surface area (TPSA) is 514 Å². The Morgan fingerprint density at radius 3 is 0.917 bits per heavy atom. The number of hydrogen-bond donors (Lipinski definition) is 12. The van der Waals surface area contributed by atoms with Gasteiger partial charge in [0.25, 0.3) is 23.6 Å². The molecule has 6 heterocycles. The van der Waals surface area contributed by atoms with E-state index in [4.69, 9.17) is 45.3 Å². The first-order valence-corrected chi connectivity index (χ1v) is 46.5. The Balaban J connectivity index is 0.000000183. The molecule has 0 bridgehead atoms. The smallest absolute Gasteiger partial charge is 0.264 e. The van der Waals surface area contributed by atoms with Gasteiger partial charge in [-0.05, 0) is 135 Å². The predicted molar refractivity (Wildman–Crippen MR) is 450 cm³/mol. The van der Waals surface area contributed by atoms with Gasteiger partial charge in [0, 0.05) is 100.0 Å². The van der Waals surface area contributed by atoms with Crippen molar-refractivity contribution < 1.29 is 113 Å². The number of hydroxylamine groups is 4. The van der Waals surface area contributed by atoms with Crippen molar-refractivity contribution in [1.82, 2.24) is 26.3 Å². The summed E-state index contributed by atoms with van der Waals surface area (Å²) in [6, 6.07) is 47.8. The molecule has 0 fully saturated rings. The second-order valence-corrected chi connectivity index (χ2v) is 41.5. The molecule has 4 aliphatic rings. The zero-order chi connectivity index (χ0) is 87.9. The Hall–Kier alpha value is -10.1. The van der Waals surface area contributed by atoms with E-state index in [0.29, 0.717) is 60.5 Å². The number of nitrogens with one attached hydrogen (secondary N) is 4. The molecule has 0 saturated carbocycles. The van der Waals surface area contributed by atoms with Gasteiger partial charge in [-0.1, -0.05) is 166 Å². The molecule has 8 aromatic rings. The van der Waals surface area contributed by atoms with Gasteiger partial charge in [-0.3, -0.25) is 40.0 Å². The minimum atomic E-state index is -3.83. The van der Waals surface area contributed by atoms with Gasteiger partial charge in [0.05, 0.1) is 41.7 Å². The molecule has 4 aliphatic heterocycles. The summed E-state index contributed by atoms with van der Waals surface area (Å²) in [6.07, 6.45) is 1.87. The first-order valence-electron chi connectivity index (χ1n) is 37.2. The molecule has 11 atom stereocenters. The SMILES string of the molecule is C[C@@H](O)[C@@H](O)Cc1ccc(-c2ccc(C3=NO[C@@H](C[C@](C)(C(=O)NO)S(C)(=O)=O)C3)cc2)cc1.C[C@@](C[C@H]1CC(c2ccc(-c3ccc([C@H](O)CO)cc3)cc2)=NO1)(C(=O)NO)S(C)(=O)=O.C[C@@](C[C@H]1CC(c2ccc(-c3ccsc3)cc2)=NO1)(C(=O)NO)S(C)(=O)=O.C[C@@](C[C@H]1CC(c2ccc(-c3cnsc3)cc2)=NO1)(C(=O)NO)S(C)(=O)=O. The zero-order valence-electron chi connectivity index (χ0n) is 66.7. The van der Waals surface area contributed by atoms with Gasteiger partial charge < -0.3 is 39.8 Å². The number of rotatable bonds is 29. The van der Waals surface area contributed by atoms with E-state index in [0.717, 1.165) is 97.3 Å². The fourth-order valence-electron chi connectivity index (χ4n) is 13.1. The van der Waals surface area contributed by atoms with E-state index in [-0.39, 0.29) is 32.3 Å². The van der Waals surface area contributed by atoms with Crippen molar-refractivity contribution in [2.75, 3.05) is 31.6 Å². The van der Waals surface area contributed by atoms with E-state index >= 15 is 0 Å². The number of aliphatic hydroxyl groups excluding tert-OH is 4. The van der Waals surface area contributed by atoms with Crippen LogP contribution in [-0.4, -0.2) is 213 Å². The van der Waals surface area contributed by atoms with Crippen LogP contribution in [0.1, 0.15) is 125 Å². The Morgan fingerprint density at radius 1 is 0.408 bits per heavy atom. The first kappa shape index (κ1) is 93.8. The summed E-state index contributed by atoms with van der Waals surface area (Å²) in [5.74, 6) is -4.00. The van der Waals surface area contributed by atoms with Gasteiger partial charge in [-0.25, -0.2) is 60.0 Å². The van der Waals surface area contributed by atoms with E-state index in [1.165, 1.54) is 61.1 Å². The number of thiophene rings is 1. The highest BCUT2D eigenvalue weighted by atomic mass is 32.2. The average Bonchev–Trinajstić information content (AvgIpc) is 1.59. The molecule has 0 aliphatic carbocycles. The van der Waals surface area contributed by atoms with Gasteiger partial charge in [0.1, 0.15) is 30.5 Å². The summed E-state index contributed by atoms with van der Waals surface area (Å²) in [7, 11) is -15.2. The van der Waals surface area contributed by atoms with Crippen molar-refractivity contribution in [1.29, 1.82) is 0 Å². The largest absolute Gasteiger partial charge is 0.393 e. The lowest BCUT2D eigenvalue weighted by molar-refractivity contribution is -0.133. The van der Waals surface area contributed by atoms with Crippen LogP contribution < -0.4 is 21.9 Å². The van der Waals surface area contributed by atoms with Crippen LogP contribution in [0.25, 0.3) is 44.5 Å². The van der Waals surface area contributed by atoms with E-state index < -0.39 is 125 Å². The van der Waals surface area contributed by atoms with Crippen molar-refractivity contribution in [3.63, 3.8) is 0 Å². The van der Waals surface area contributed by atoms with Crippen LogP contribution in [0.2, 0.25) is 0 Å². The lowest BCUT2D eigenvalue weighted by atomic mass is 9.95. The maximum atomic E-state index is 12.2. The molecular formula is C81H95N9O24S6. The highest BCUT2D eigenvalue weighted by Crippen LogP contribution is 2.37. The van der Waals surface area contributed by atoms with Crippen LogP contribution >= 0.6 is 22.9 Å². The van der Waals surface area contributed by atoms with E-state index in [1.807, 2.05) is 150 Å². The second-order valence-electron chi connectivity index (χ2n) is 30.2. The van der Waals surface area contributed by atoms with Crippen LogP contribution in [0, 0.1) is 0 Å². The second kappa shape index (κ2) is 39.6. The van der Waals surface area contributed by atoms with Crippen molar-refractivity contribution >= 4 is 109 Å². The van der Waals surface area contributed by atoms with Crippen LogP contribution in [-0.2, 0) is 84.3 Å². The molecule has 6 aromatic carbocycles. The number of aliphatic hydroxyl groups is 4. The zero-order valence-corrected chi connectivity index (χ0v) is 71.5. The number of sulfone groups is 4. The molecule has 0 radical (unpaired) electrons. The molecule has 2 aromatic heterocycles. The molecule has 120 heavy (non-hydrogen) atoms. The number of carbonyl (C=O) groups is 4. The Bertz CT molecular complexity index is 5360. The third-order valence-corrected chi connectivity index (χ3v) is 30.8. The summed E-state index contributed by atoms with van der Waals surface area (Å²) < 4.78 is 93.7. The summed E-state index contributed by atoms with van der Waals surface area (Å²) >= 11 is 3.01. The van der Waals surface area contributed by atoms with E-state index in [2.05, 4.69) is 30.4 Å². The number of amides is 4. The fourth-order valence-corrected chi connectivity index (χ4v) is 17.8. The Morgan fingerprint density at radius 2 is 0.675 bits per heavy atom. The highest BCUT2D eigenvalue weighted by molar-refractivity contribution is 7.93. The first-order chi connectivity index (χ1) is 56.5. The summed E-state index contributed by atoms with van der Waals surface area (Å²) in [4.78, 5) is 69.4. The van der Waals surface area contributed by atoms with Crippen molar-refractivity contribution in [2.24, 2.45) is 20.6 Å². The van der Waals surface area contributed by atoms with Gasteiger partial charge in [0.2, 0.25) is 0 Å². The minimum absolute atomic E-state index is 0.113. The molecular weight excluding hydrogens is 1680 g/mol. The summed E-state index contributed by atoms with van der Waals surface area (Å²) in [5.41, 5.74) is 21.4. The van der Waals surface area contributed by atoms with Crippen molar-refractivity contribution in [3.05, 3.63) is 207 Å². The van der Waals surface area contributed by atoms with E-state index in [9.17, 15) is 68.2 Å². The molecule has 33 nitrogen and oxygen atoms in total. The number of carbonyl (C=O) groups excluding carboxylic acids is 4. The van der Waals surface area contributed by atoms with Crippen molar-refractivity contribution in [2.45, 2.75) is 154 Å². The summed E-state index contributed by atoms with van der Waals surface area (Å²) in [6.45, 7) is 6.24. The summed E-state index contributed by atoms with van der Waals surface area (Å²) in [5, 5.41) is 96.0. The number of hydrogen-bond acceptors (Lipinski definition) is 31. The van der Waals surface area contributed by atoms with Gasteiger partial charge in [0.15, 0.2) is 58.3 Å². The monoisotopic (exact) mass is 1770 g/mol. The number of aromatic nitrogens is 1. The standard InChI is InChI=1S/C24H30N2O7S.C22H26N2O7S.C18H20N2O5S2.C17H19N3O5S2/c1-15(27)22(28)12-16-4-6-17(7-5-16)18-8-10-19(11-9-18)21-13-20(33-26-21)14-24(2,23(29)25-30)34(3,31)32;1-22(21(27)23-28,32(2,29)30)12-18-11-19(24-31-18)16-7-3-14(4-8-16)15-5-9-17(10-6-15)20(26)13-25;1-18(17(21)19-22,27(2,23)24)10-15-9-16(20-25-15)13-5-3-12(4-6-13)14-7-8-26-11-14;1-17(16(21)19-22,27(2,23)24)8-14-7-15(20-25-14)12-5-3-11(4-6-12)13-9-18-26-10-13/h4-11,15,20,22,27-28,30H,12-14H2,1-3H3,(H,25,29);3-10,18,20,25-26,28H,11-13H2,1-2H3,(H,23,27);3-8,11,15,22H,9-10H2,1-2H3,(H,19,21);3-6,9-10,14,22H,7-8H2,1-2H3,(H,19,21)/t15-,20-,22+,24-;18-,20-,22-;15-,18-;14-,17-/m1111/s1. The Labute approximate surface area is 702 Å². The van der Waals surface area contributed by atoms with Gasteiger partial charge in [-0.15, -0.1) is 0 Å². The van der Waals surface area contributed by atoms with Gasteiger partial charge >= 0.3 is 0 Å². The molecule has 0 spiro atoms. The third kappa shape index (κ3) is 22.5. The third-order valence-electron chi connectivity index (χ3n) is 21.6. The van der Waals surface area contributed by atoms with Crippen LogP contribution in [0.3, 0.4) is 0 Å². The number of nitrogens with zero attached hydrogens (tertiary/aromatic N) is 5. The average molecular weight is 1770 g/mol. The van der Waals surface area contributed by atoms with E-state index in [1.54, 1.807) is 36.6 Å². The molecule has 0 unspecified atom stereocenters. The number of oxime groups is 4.